The van der Waals surface area contributed by atoms with E-state index < -0.39 is 0 Å². The molecule has 0 bridgehead atoms. The zero-order valence-electron chi connectivity index (χ0n) is 15.2. The topological polar surface area (TPSA) is 105 Å². The molecule has 7 heteroatoms. The summed E-state index contributed by atoms with van der Waals surface area (Å²) >= 11 is 0. The van der Waals surface area contributed by atoms with Gasteiger partial charge in [0.25, 0.3) is 0 Å². The fourth-order valence-electron chi connectivity index (χ4n) is 2.83. The number of nitrogen functional groups attached to an aromatic ring is 2. The summed E-state index contributed by atoms with van der Waals surface area (Å²) in [5.74, 6) is 1.54. The molecule has 0 radical (unpaired) electrons. The Morgan fingerprint density at radius 1 is 0.857 bits per heavy atom. The molecular formula is C21H20N6O. The van der Waals surface area contributed by atoms with E-state index in [1.54, 1.807) is 16.8 Å². The molecule has 0 unspecified atom stereocenters. The minimum absolute atomic E-state index is 0.340. The average molecular weight is 372 g/mol. The molecule has 4 N–H and O–H groups in total. The number of aromatic nitrogens is 4. The van der Waals surface area contributed by atoms with E-state index in [2.05, 4.69) is 15.3 Å². The third-order valence-electron chi connectivity index (χ3n) is 4.28. The maximum absolute atomic E-state index is 5.92. The minimum Gasteiger partial charge on any atom is -0.489 e. The third-order valence-corrected chi connectivity index (χ3v) is 4.28. The summed E-state index contributed by atoms with van der Waals surface area (Å²) in [4.78, 5) is 4.06. The number of benzene rings is 2. The van der Waals surface area contributed by atoms with Crippen LogP contribution < -0.4 is 16.2 Å². The quantitative estimate of drug-likeness (QED) is 0.539. The smallest absolute Gasteiger partial charge is 0.135 e. The first-order valence-electron chi connectivity index (χ1n) is 8.85. The van der Waals surface area contributed by atoms with Gasteiger partial charge in [-0.15, -0.1) is 5.10 Å². The summed E-state index contributed by atoms with van der Waals surface area (Å²) in [6.45, 7) is 1.14. The van der Waals surface area contributed by atoms with Gasteiger partial charge < -0.3 is 16.2 Å². The Kier molecular flexibility index (Phi) is 4.88. The van der Waals surface area contributed by atoms with E-state index in [0.29, 0.717) is 36.0 Å². The van der Waals surface area contributed by atoms with Gasteiger partial charge in [0.15, 0.2) is 0 Å². The van der Waals surface area contributed by atoms with E-state index in [1.165, 1.54) is 0 Å². The predicted molar refractivity (Wildman–Crippen MR) is 108 cm³/mol. The molecule has 0 fully saturated rings. The highest BCUT2D eigenvalue weighted by Crippen LogP contribution is 2.23. The highest BCUT2D eigenvalue weighted by Gasteiger charge is 2.09. The van der Waals surface area contributed by atoms with Crippen molar-refractivity contribution in [1.82, 2.24) is 20.0 Å². The van der Waals surface area contributed by atoms with Crippen LogP contribution in [0.5, 0.6) is 5.75 Å². The van der Waals surface area contributed by atoms with Crippen LogP contribution in [0.25, 0.3) is 11.3 Å². The van der Waals surface area contributed by atoms with Crippen molar-refractivity contribution >= 4 is 11.6 Å². The lowest BCUT2D eigenvalue weighted by molar-refractivity contribution is 0.306. The molecule has 2 aromatic carbocycles. The standard InChI is InChI=1S/C21H20N6O/c22-20-11-10-18(21(23)24-20)19-13-27(26-25-19)12-15-6-8-17(9-7-15)28-14-16-4-2-1-3-5-16/h1-11,13H,12,14H2,(H4,22,23,24). The van der Waals surface area contributed by atoms with E-state index in [-0.39, 0.29) is 0 Å². The second-order valence-electron chi connectivity index (χ2n) is 6.39. The number of hydrogen-bond acceptors (Lipinski definition) is 6. The van der Waals surface area contributed by atoms with Crippen LogP contribution in [0.1, 0.15) is 11.1 Å². The maximum Gasteiger partial charge on any atom is 0.135 e. The van der Waals surface area contributed by atoms with Gasteiger partial charge in [-0.3, -0.25) is 0 Å². The number of ether oxygens (including phenoxy) is 1. The van der Waals surface area contributed by atoms with E-state index >= 15 is 0 Å². The number of pyridine rings is 1. The first-order chi connectivity index (χ1) is 13.7. The number of anilines is 2. The minimum atomic E-state index is 0.340. The largest absolute Gasteiger partial charge is 0.489 e. The number of rotatable bonds is 6. The van der Waals surface area contributed by atoms with Gasteiger partial charge in [-0.2, -0.15) is 0 Å². The molecule has 28 heavy (non-hydrogen) atoms. The monoisotopic (exact) mass is 372 g/mol. The molecule has 4 aromatic rings. The van der Waals surface area contributed by atoms with Crippen molar-refractivity contribution in [2.24, 2.45) is 0 Å². The van der Waals surface area contributed by atoms with E-state index in [0.717, 1.165) is 16.9 Å². The Morgan fingerprint density at radius 2 is 1.64 bits per heavy atom. The summed E-state index contributed by atoms with van der Waals surface area (Å²) in [5.41, 5.74) is 15.2. The molecule has 2 heterocycles. The summed E-state index contributed by atoms with van der Waals surface area (Å²) in [7, 11) is 0. The van der Waals surface area contributed by atoms with Crippen LogP contribution in [0.15, 0.2) is 72.9 Å². The Labute approximate surface area is 162 Å². The van der Waals surface area contributed by atoms with Crippen LogP contribution in [0.3, 0.4) is 0 Å². The van der Waals surface area contributed by atoms with Gasteiger partial charge in [-0.05, 0) is 35.4 Å². The summed E-state index contributed by atoms with van der Waals surface area (Å²) < 4.78 is 7.57. The molecular weight excluding hydrogens is 352 g/mol. The number of hydrogen-bond donors (Lipinski definition) is 2. The van der Waals surface area contributed by atoms with Crippen LogP contribution >= 0.6 is 0 Å². The zero-order valence-corrected chi connectivity index (χ0v) is 15.2. The van der Waals surface area contributed by atoms with Gasteiger partial charge in [0.2, 0.25) is 0 Å². The van der Waals surface area contributed by atoms with E-state index in [4.69, 9.17) is 16.2 Å². The van der Waals surface area contributed by atoms with Crippen molar-refractivity contribution in [3.63, 3.8) is 0 Å². The number of nitrogens with two attached hydrogens (primary N) is 2. The fourth-order valence-corrected chi connectivity index (χ4v) is 2.83. The van der Waals surface area contributed by atoms with Gasteiger partial charge in [-0.1, -0.05) is 47.7 Å². The van der Waals surface area contributed by atoms with Crippen molar-refractivity contribution in [1.29, 1.82) is 0 Å². The lowest BCUT2D eigenvalue weighted by atomic mass is 10.2. The Balaban J connectivity index is 1.40. The molecule has 0 aliphatic rings. The van der Waals surface area contributed by atoms with Crippen LogP contribution in [-0.4, -0.2) is 20.0 Å². The van der Waals surface area contributed by atoms with Crippen molar-refractivity contribution in [3.05, 3.63) is 84.1 Å². The van der Waals surface area contributed by atoms with Crippen LogP contribution in [0.4, 0.5) is 11.6 Å². The van der Waals surface area contributed by atoms with Crippen molar-refractivity contribution in [3.8, 4) is 17.0 Å². The third kappa shape index (κ3) is 4.09. The lowest BCUT2D eigenvalue weighted by Crippen LogP contribution is -2.01. The molecule has 0 saturated heterocycles. The molecule has 2 aromatic heterocycles. The summed E-state index contributed by atoms with van der Waals surface area (Å²) in [6.07, 6.45) is 1.84. The molecule has 140 valence electrons. The Hall–Kier alpha value is -3.87. The second kappa shape index (κ2) is 7.79. The van der Waals surface area contributed by atoms with Crippen LogP contribution in [-0.2, 0) is 13.2 Å². The second-order valence-corrected chi connectivity index (χ2v) is 6.39. The highest BCUT2D eigenvalue weighted by atomic mass is 16.5. The van der Waals surface area contributed by atoms with Crippen LogP contribution in [0, 0.1) is 0 Å². The van der Waals surface area contributed by atoms with Crippen molar-refractivity contribution in [2.45, 2.75) is 13.2 Å². The molecule has 0 aliphatic heterocycles. The molecule has 0 aliphatic carbocycles. The molecule has 0 amide bonds. The van der Waals surface area contributed by atoms with Gasteiger partial charge >= 0.3 is 0 Å². The molecule has 0 atom stereocenters. The highest BCUT2D eigenvalue weighted by molar-refractivity contribution is 5.71. The average Bonchev–Trinajstić information content (AvgIpc) is 3.16. The Morgan fingerprint density at radius 3 is 2.39 bits per heavy atom. The number of nitrogens with zero attached hydrogens (tertiary/aromatic N) is 4. The molecule has 7 nitrogen and oxygen atoms in total. The maximum atomic E-state index is 5.92. The Bertz CT molecular complexity index is 1060. The summed E-state index contributed by atoms with van der Waals surface area (Å²) in [5, 5.41) is 8.35. The zero-order chi connectivity index (χ0) is 19.3. The lowest BCUT2D eigenvalue weighted by Gasteiger charge is -2.07. The van der Waals surface area contributed by atoms with Gasteiger partial charge in [0.05, 0.1) is 12.7 Å². The van der Waals surface area contributed by atoms with Gasteiger partial charge in [0.1, 0.15) is 29.7 Å². The van der Waals surface area contributed by atoms with E-state index in [1.807, 2.05) is 60.8 Å². The van der Waals surface area contributed by atoms with Crippen molar-refractivity contribution < 1.29 is 4.74 Å². The summed E-state index contributed by atoms with van der Waals surface area (Å²) in [6, 6.07) is 21.5. The SMILES string of the molecule is Nc1ccc(-c2cn(Cc3ccc(OCc4ccccc4)cc3)nn2)c(N)n1. The van der Waals surface area contributed by atoms with Gasteiger partial charge in [-0.25, -0.2) is 9.67 Å². The fraction of sp³-hybridized carbons (Fsp3) is 0.0952. The molecule has 0 saturated carbocycles. The van der Waals surface area contributed by atoms with Crippen LogP contribution in [0.2, 0.25) is 0 Å². The molecule has 0 spiro atoms. The molecule has 4 rings (SSSR count). The normalized spacial score (nSPS) is 10.7. The van der Waals surface area contributed by atoms with Crippen molar-refractivity contribution in [2.75, 3.05) is 11.5 Å². The van der Waals surface area contributed by atoms with Gasteiger partial charge in [0, 0.05) is 5.56 Å². The predicted octanol–water partition coefficient (Wildman–Crippen LogP) is 3.13. The first-order valence-corrected chi connectivity index (χ1v) is 8.85. The van der Waals surface area contributed by atoms with E-state index in [9.17, 15) is 0 Å². The first kappa shape index (κ1) is 17.5.